The quantitative estimate of drug-likeness (QED) is 0.351. The molecule has 41 heavy (non-hydrogen) atoms. The van der Waals surface area contributed by atoms with E-state index in [1.807, 2.05) is 0 Å². The Hall–Kier alpha value is -3.72. The van der Waals surface area contributed by atoms with Crippen molar-refractivity contribution in [2.45, 2.75) is 82.2 Å². The molecule has 2 N–H and O–H groups in total. The molecule has 0 spiro atoms. The minimum absolute atomic E-state index is 0.0555. The van der Waals surface area contributed by atoms with Gasteiger partial charge >= 0.3 is 6.18 Å². The van der Waals surface area contributed by atoms with Gasteiger partial charge in [-0.15, -0.1) is 0 Å². The number of imidazole rings is 1. The van der Waals surface area contributed by atoms with Crippen LogP contribution in [0.15, 0.2) is 23.1 Å². The maximum atomic E-state index is 14.0. The van der Waals surface area contributed by atoms with Crippen LogP contribution in [0.4, 0.5) is 26.3 Å². The average Bonchev–Trinajstić information content (AvgIpc) is 3.50. The maximum Gasteiger partial charge on any atom is 0.392 e. The summed E-state index contributed by atoms with van der Waals surface area (Å²) in [7, 11) is 0. The Morgan fingerprint density at radius 1 is 1.10 bits per heavy atom. The Morgan fingerprint density at radius 2 is 1.78 bits per heavy atom. The van der Waals surface area contributed by atoms with Gasteiger partial charge in [-0.1, -0.05) is 5.16 Å². The molecule has 0 radical (unpaired) electrons. The lowest BCUT2D eigenvalue weighted by atomic mass is 9.81. The normalized spacial score (nSPS) is 20.0. The van der Waals surface area contributed by atoms with E-state index in [2.05, 4.69) is 35.7 Å². The van der Waals surface area contributed by atoms with Crippen LogP contribution in [0.25, 0.3) is 5.65 Å². The molecular weight excluding hydrogens is 560 g/mol. The Balaban J connectivity index is 1.40. The van der Waals surface area contributed by atoms with Crippen molar-refractivity contribution in [1.82, 2.24) is 35.5 Å². The molecule has 5 rings (SSSR count). The number of rotatable bonds is 9. The maximum absolute atomic E-state index is 14.0. The van der Waals surface area contributed by atoms with Gasteiger partial charge in [0.2, 0.25) is 5.92 Å². The van der Waals surface area contributed by atoms with E-state index in [4.69, 9.17) is 0 Å². The monoisotopic (exact) mass is 587 g/mol. The highest BCUT2D eigenvalue weighted by molar-refractivity contribution is 5.93. The highest BCUT2D eigenvalue weighted by atomic mass is 19.4. The van der Waals surface area contributed by atoms with Crippen molar-refractivity contribution >= 4 is 17.5 Å². The number of amides is 2. The van der Waals surface area contributed by atoms with Crippen LogP contribution in [0, 0.1) is 18.8 Å². The molecule has 2 amide bonds. The van der Waals surface area contributed by atoms with Crippen LogP contribution in [0.2, 0.25) is 0 Å². The number of hydrogen-bond donors (Lipinski definition) is 2. The predicted octanol–water partition coefficient (Wildman–Crippen LogP) is 4.58. The highest BCUT2D eigenvalue weighted by Crippen LogP contribution is 2.43. The Kier molecular flexibility index (Phi) is 7.68. The third-order valence-electron chi connectivity index (χ3n) is 7.51. The number of aryl methyl sites for hydroxylation is 1. The smallest absolute Gasteiger partial charge is 0.346 e. The minimum atomic E-state index is -4.83. The van der Waals surface area contributed by atoms with Crippen LogP contribution in [0.1, 0.15) is 84.5 Å². The lowest BCUT2D eigenvalue weighted by Gasteiger charge is -2.33. The Bertz CT molecular complexity index is 1410. The van der Waals surface area contributed by atoms with Gasteiger partial charge in [0.1, 0.15) is 5.69 Å². The number of nitrogens with one attached hydrogen (secondary N) is 2. The number of halogens is 6. The first-order valence-electron chi connectivity index (χ1n) is 13.1. The molecule has 16 heteroatoms. The van der Waals surface area contributed by atoms with Crippen LogP contribution in [-0.4, -0.2) is 55.0 Å². The summed E-state index contributed by atoms with van der Waals surface area (Å²) in [6.45, 7) is 1.53. The number of carbonyl (C=O) groups is 2. The van der Waals surface area contributed by atoms with E-state index in [0.717, 1.165) is 0 Å². The fourth-order valence-electron chi connectivity index (χ4n) is 5.15. The number of nitrogens with zero attached hydrogens (tertiary/aromatic N) is 5. The summed E-state index contributed by atoms with van der Waals surface area (Å²) in [5.41, 5.74) is 1.24. The summed E-state index contributed by atoms with van der Waals surface area (Å²) >= 11 is 0. The molecule has 3 atom stereocenters. The van der Waals surface area contributed by atoms with E-state index >= 15 is 0 Å². The number of hydrogen-bond acceptors (Lipinski definition) is 7. The van der Waals surface area contributed by atoms with Gasteiger partial charge in [-0.25, -0.2) is 27.3 Å². The second-order valence-electron chi connectivity index (χ2n) is 10.7. The van der Waals surface area contributed by atoms with Crippen molar-refractivity contribution < 1.29 is 40.6 Å². The molecule has 222 valence electrons. The Morgan fingerprint density at radius 3 is 2.39 bits per heavy atom. The van der Waals surface area contributed by atoms with Crippen molar-refractivity contribution in [2.24, 2.45) is 11.8 Å². The van der Waals surface area contributed by atoms with Crippen LogP contribution in [-0.2, 0) is 4.79 Å². The van der Waals surface area contributed by atoms with E-state index in [-0.39, 0.29) is 54.6 Å². The number of aromatic nitrogens is 5. The van der Waals surface area contributed by atoms with Crippen LogP contribution in [0.3, 0.4) is 0 Å². The van der Waals surface area contributed by atoms with E-state index in [1.54, 1.807) is 6.07 Å². The second kappa shape index (κ2) is 10.9. The molecular formula is C25H27F6N7O3. The van der Waals surface area contributed by atoms with Gasteiger partial charge in [0, 0.05) is 12.8 Å². The summed E-state index contributed by atoms with van der Waals surface area (Å²) in [6.07, 6.45) is -5.62. The van der Waals surface area contributed by atoms with Crippen LogP contribution >= 0.6 is 0 Å². The van der Waals surface area contributed by atoms with Crippen molar-refractivity contribution in [3.05, 3.63) is 41.1 Å². The molecule has 0 unspecified atom stereocenters. The topological polar surface area (TPSA) is 127 Å². The molecule has 0 bridgehead atoms. The second-order valence-corrected chi connectivity index (χ2v) is 10.7. The molecule has 10 nitrogen and oxygen atoms in total. The molecule has 2 aliphatic rings. The highest BCUT2D eigenvalue weighted by Gasteiger charge is 2.41. The number of carbonyl (C=O) groups excluding carboxylic acids is 2. The first-order valence-corrected chi connectivity index (χ1v) is 13.1. The molecule has 0 saturated heterocycles. The van der Waals surface area contributed by atoms with Crippen molar-refractivity contribution in [3.8, 4) is 0 Å². The zero-order valence-electron chi connectivity index (χ0n) is 21.8. The summed E-state index contributed by atoms with van der Waals surface area (Å²) in [4.78, 5) is 29.7. The van der Waals surface area contributed by atoms with Gasteiger partial charge in [0.25, 0.3) is 11.8 Å². The van der Waals surface area contributed by atoms with Crippen LogP contribution < -0.4 is 10.6 Å². The third-order valence-corrected chi connectivity index (χ3v) is 7.51. The summed E-state index contributed by atoms with van der Waals surface area (Å²) in [5.74, 6) is -5.26. The van der Waals surface area contributed by atoms with Gasteiger partial charge in [-0.3, -0.25) is 9.59 Å². The molecule has 3 heterocycles. The van der Waals surface area contributed by atoms with Gasteiger partial charge in [-0.05, 0) is 61.2 Å². The molecule has 3 aromatic heterocycles. The molecule has 2 aliphatic carbocycles. The zero-order valence-corrected chi connectivity index (χ0v) is 21.8. The van der Waals surface area contributed by atoms with Crippen LogP contribution in [0.5, 0.6) is 0 Å². The summed E-state index contributed by atoms with van der Waals surface area (Å²) in [5, 5.41) is 16.7. The minimum Gasteiger partial charge on any atom is -0.346 e. The number of alkyl halides is 6. The average molecular weight is 588 g/mol. The van der Waals surface area contributed by atoms with E-state index in [9.17, 15) is 35.9 Å². The van der Waals surface area contributed by atoms with E-state index in [0.29, 0.717) is 24.1 Å². The Labute approximate surface area is 229 Å². The summed E-state index contributed by atoms with van der Waals surface area (Å²) in [6, 6.07) is 0.00917. The number of fused-ring (bicyclic) bond motifs is 1. The van der Waals surface area contributed by atoms with E-state index < -0.39 is 48.6 Å². The molecule has 0 aromatic carbocycles. The largest absolute Gasteiger partial charge is 0.392 e. The van der Waals surface area contributed by atoms with Gasteiger partial charge in [-0.2, -0.15) is 18.3 Å². The lowest BCUT2D eigenvalue weighted by molar-refractivity contribution is -0.156. The van der Waals surface area contributed by atoms with Gasteiger partial charge in [0.15, 0.2) is 17.5 Å². The first kappa shape index (κ1) is 28.8. The standard InChI is InChI=1S/C25H27F6N7O3/c1-12-19(37-41-36-12)23(40)35-21(14-4-6-24(27,28)7-5-14)17-11-38-18(33-17)8-15(10-32-38)20(13-2-3-13)34-22(39)16(26)9-25(29,30)31/h8,10-11,13-14,16,20-21H,2-7,9H2,1H3,(H,34,39)(H,35,40)/t16-,20+,21-/m0/s1. The zero-order chi connectivity index (χ0) is 29.5. The predicted molar refractivity (Wildman–Crippen MR) is 128 cm³/mol. The fourth-order valence-corrected chi connectivity index (χ4v) is 5.15. The molecule has 2 fully saturated rings. The third kappa shape index (κ3) is 6.78. The van der Waals surface area contributed by atoms with Crippen molar-refractivity contribution in [3.63, 3.8) is 0 Å². The van der Waals surface area contributed by atoms with E-state index in [1.165, 1.54) is 23.8 Å². The lowest BCUT2D eigenvalue weighted by Crippen LogP contribution is -2.38. The van der Waals surface area contributed by atoms with Gasteiger partial charge < -0.3 is 10.6 Å². The van der Waals surface area contributed by atoms with Crippen molar-refractivity contribution in [1.29, 1.82) is 0 Å². The molecule has 2 saturated carbocycles. The SMILES string of the molecule is Cc1nonc1C(=O)N[C@H](c1cn2ncc([C@H](NC(=O)[C@@H](F)CC(F)(F)F)C3CC3)cc2n1)C1CCC(F)(F)CC1. The van der Waals surface area contributed by atoms with Crippen molar-refractivity contribution in [2.75, 3.05) is 0 Å². The molecule has 0 aliphatic heterocycles. The molecule has 3 aromatic rings. The van der Waals surface area contributed by atoms with Gasteiger partial charge in [0.05, 0.1) is 36.6 Å². The summed E-state index contributed by atoms with van der Waals surface area (Å²) < 4.78 is 85.5. The first-order chi connectivity index (χ1) is 19.3. The fraction of sp³-hybridized carbons (Fsp3) is 0.600.